The number of amides is 1. The van der Waals surface area contributed by atoms with Crippen LogP contribution in [0.3, 0.4) is 0 Å². The van der Waals surface area contributed by atoms with Gasteiger partial charge in [-0.3, -0.25) is 0 Å². The molecule has 26 heavy (non-hydrogen) atoms. The summed E-state index contributed by atoms with van der Waals surface area (Å²) in [5, 5.41) is 3.69. The van der Waals surface area contributed by atoms with Crippen molar-refractivity contribution in [2.45, 2.75) is 6.54 Å². The van der Waals surface area contributed by atoms with E-state index in [1.807, 2.05) is 66.7 Å². The number of hydrogen-bond donors (Lipinski definition) is 1. The number of rotatable bonds is 4. The average Bonchev–Trinajstić information content (AvgIpc) is 3.04. The third-order valence-corrected chi connectivity index (χ3v) is 6.48. The van der Waals surface area contributed by atoms with Crippen LogP contribution in [0, 0.1) is 0 Å². The zero-order chi connectivity index (χ0) is 17.9. The Hall–Kier alpha value is -2.88. The van der Waals surface area contributed by atoms with Crippen LogP contribution >= 0.6 is 0 Å². The first-order valence-electron chi connectivity index (χ1n) is 8.26. The molecule has 1 aromatic heterocycles. The van der Waals surface area contributed by atoms with Crippen molar-refractivity contribution in [1.82, 2.24) is 8.88 Å². The first-order valence-corrected chi connectivity index (χ1v) is 9.88. The molecule has 3 aromatic carbocycles. The molecule has 0 unspecified atom stereocenters. The molecule has 1 N–H and O–H groups in total. The summed E-state index contributed by atoms with van der Waals surface area (Å²) in [6.45, 7) is 0.491. The molecule has 1 heterocycles. The Morgan fingerprint density at radius 3 is 2.31 bits per heavy atom. The van der Waals surface area contributed by atoms with E-state index in [-0.39, 0.29) is 26.2 Å². The molecule has 5 heteroatoms. The van der Waals surface area contributed by atoms with Gasteiger partial charge in [-0.2, -0.15) is 0 Å². The van der Waals surface area contributed by atoms with Gasteiger partial charge in [-0.15, -0.1) is 0 Å². The fourth-order valence-electron chi connectivity index (χ4n) is 2.77. The Labute approximate surface area is 156 Å². The van der Waals surface area contributed by atoms with Gasteiger partial charge in [-0.25, -0.2) is 0 Å². The van der Waals surface area contributed by atoms with Crippen molar-refractivity contribution in [2.75, 3.05) is 0 Å². The number of carbonyl (C=O) groups excluding carboxylic acids is 1. The van der Waals surface area contributed by atoms with Gasteiger partial charge in [0.25, 0.3) is 0 Å². The Balaban J connectivity index is 1.53. The zero-order valence-electron chi connectivity index (χ0n) is 13.9. The second-order valence-electron chi connectivity index (χ2n) is 5.90. The Morgan fingerprint density at radius 1 is 0.885 bits per heavy atom. The van der Waals surface area contributed by atoms with E-state index in [0.29, 0.717) is 12.1 Å². The molecule has 0 aliphatic rings. The van der Waals surface area contributed by atoms with Crippen molar-refractivity contribution in [1.29, 1.82) is 0 Å². The molecule has 0 radical (unpaired) electrons. The summed E-state index contributed by atoms with van der Waals surface area (Å²) in [5.41, 5.74) is 2.50. The molecule has 0 saturated carbocycles. The van der Waals surface area contributed by atoms with Crippen molar-refractivity contribution in [2.24, 2.45) is 0 Å². The summed E-state index contributed by atoms with van der Waals surface area (Å²) in [5.74, 6) is -0.123. The minimum atomic E-state index is -0.123. The van der Waals surface area contributed by atoms with Gasteiger partial charge in [0.15, 0.2) is 0 Å². The number of nitrogens with zero attached hydrogens (tertiary/aromatic N) is 1. The van der Waals surface area contributed by atoms with Crippen LogP contribution in [-0.4, -0.2) is 24.2 Å². The average molecular weight is 407 g/mol. The van der Waals surface area contributed by atoms with E-state index < -0.39 is 0 Å². The summed E-state index contributed by atoms with van der Waals surface area (Å²) in [6.07, 6.45) is 0. The quantitative estimate of drug-likeness (QED) is 0.529. The van der Waals surface area contributed by atoms with Gasteiger partial charge in [-0.05, 0) is 0 Å². The van der Waals surface area contributed by atoms with Crippen LogP contribution in [0.4, 0.5) is 0 Å². The second-order valence-corrected chi connectivity index (χ2v) is 7.97. The van der Waals surface area contributed by atoms with E-state index in [1.165, 1.54) is 0 Å². The van der Waals surface area contributed by atoms with Gasteiger partial charge >= 0.3 is 157 Å². The van der Waals surface area contributed by atoms with Crippen LogP contribution in [0.25, 0.3) is 15.3 Å². The third kappa shape index (κ3) is 3.27. The number of nitrogens with one attached hydrogen (secondary N) is 1. The van der Waals surface area contributed by atoms with Crippen LogP contribution in [0.1, 0.15) is 15.9 Å². The Kier molecular flexibility index (Phi) is 4.57. The molecule has 1 amide bonds. The zero-order valence-corrected chi connectivity index (χ0v) is 15.6. The van der Waals surface area contributed by atoms with Crippen molar-refractivity contribution in [3.8, 4) is 5.69 Å². The number of aromatic nitrogens is 1. The fraction of sp³-hybridized carbons (Fsp3) is 0.0476. The Bertz CT molecular complexity index is 1110. The molecule has 4 rings (SSSR count). The Morgan fingerprint density at radius 2 is 1.58 bits per heavy atom. The van der Waals surface area contributed by atoms with Gasteiger partial charge in [0.05, 0.1) is 0 Å². The molecular formula is C21H16N2O2Se. The van der Waals surface area contributed by atoms with Gasteiger partial charge in [0.1, 0.15) is 0 Å². The molecule has 0 aliphatic carbocycles. The molecule has 0 spiro atoms. The van der Waals surface area contributed by atoms with Crippen LogP contribution in [0.5, 0.6) is 0 Å². The third-order valence-electron chi connectivity index (χ3n) is 4.15. The van der Waals surface area contributed by atoms with Gasteiger partial charge in [0.2, 0.25) is 0 Å². The van der Waals surface area contributed by atoms with Gasteiger partial charge in [0, 0.05) is 0 Å². The van der Waals surface area contributed by atoms with Crippen LogP contribution in [-0.2, 0) is 6.54 Å². The molecule has 4 aromatic rings. The molecular weight excluding hydrogens is 391 g/mol. The molecule has 0 fully saturated rings. The summed E-state index contributed by atoms with van der Waals surface area (Å²) >= 11 is -0.0647. The maximum absolute atomic E-state index is 12.5. The van der Waals surface area contributed by atoms with Crippen LogP contribution < -0.4 is 10.9 Å². The molecule has 4 nitrogen and oxygen atoms in total. The van der Waals surface area contributed by atoms with Gasteiger partial charge in [-0.1, -0.05) is 0 Å². The van der Waals surface area contributed by atoms with Gasteiger partial charge < -0.3 is 0 Å². The van der Waals surface area contributed by atoms with E-state index >= 15 is 0 Å². The van der Waals surface area contributed by atoms with Crippen molar-refractivity contribution >= 4 is 30.3 Å². The van der Waals surface area contributed by atoms with E-state index in [9.17, 15) is 9.59 Å². The fourth-order valence-corrected chi connectivity index (χ4v) is 4.86. The number of benzene rings is 3. The van der Waals surface area contributed by atoms with Crippen LogP contribution in [0.15, 0.2) is 83.7 Å². The number of carbonyl (C=O) groups is 1. The number of fused-ring (bicyclic) bond motifs is 1. The molecule has 128 valence electrons. The summed E-state index contributed by atoms with van der Waals surface area (Å²) < 4.78 is 2.89. The predicted molar refractivity (Wildman–Crippen MR) is 104 cm³/mol. The normalized spacial score (nSPS) is 10.8. The van der Waals surface area contributed by atoms with E-state index in [0.717, 1.165) is 20.9 Å². The first kappa shape index (κ1) is 16.6. The second kappa shape index (κ2) is 7.16. The monoisotopic (exact) mass is 408 g/mol. The SMILES string of the molecule is O=C(NCc1ccccc1)c1ccc(-n2[se]c3ccccc3c2=O)cc1. The van der Waals surface area contributed by atoms with Crippen molar-refractivity contribution in [3.05, 3.63) is 100 Å². The van der Waals surface area contributed by atoms with E-state index in [2.05, 4.69) is 5.32 Å². The minimum absolute atomic E-state index is 0.0295. The summed E-state index contributed by atoms with van der Waals surface area (Å²) in [7, 11) is 0. The van der Waals surface area contributed by atoms with E-state index in [1.54, 1.807) is 15.7 Å². The maximum atomic E-state index is 12.5. The number of hydrogen-bond acceptors (Lipinski definition) is 2. The topological polar surface area (TPSA) is 51.1 Å². The van der Waals surface area contributed by atoms with Crippen molar-refractivity contribution in [3.63, 3.8) is 0 Å². The summed E-state index contributed by atoms with van der Waals surface area (Å²) in [6, 6.07) is 24.7. The first-order chi connectivity index (χ1) is 12.7. The standard InChI is InChI=1S/C21H16N2O2Se/c24-20(22-14-15-6-2-1-3-7-15)16-10-12-17(13-11-16)23-21(25)18-8-4-5-9-19(18)26-23/h1-13H,14H2,(H,22,24). The summed E-state index contributed by atoms with van der Waals surface area (Å²) in [4.78, 5) is 24.8. The van der Waals surface area contributed by atoms with E-state index in [4.69, 9.17) is 0 Å². The molecule has 0 aliphatic heterocycles. The molecule has 0 bridgehead atoms. The van der Waals surface area contributed by atoms with Crippen LogP contribution in [0.2, 0.25) is 0 Å². The predicted octanol–water partition coefficient (Wildman–Crippen LogP) is 2.98. The van der Waals surface area contributed by atoms with Crippen molar-refractivity contribution < 1.29 is 4.79 Å². The molecule has 0 atom stereocenters. The molecule has 0 saturated heterocycles.